The molecule has 0 aliphatic rings. The van der Waals surface area contributed by atoms with Crippen LogP contribution in [0.3, 0.4) is 0 Å². The first-order valence-corrected chi connectivity index (χ1v) is 7.96. The van der Waals surface area contributed by atoms with Gasteiger partial charge in [0.05, 0.1) is 14.2 Å². The van der Waals surface area contributed by atoms with Crippen LogP contribution < -0.4 is 20.1 Å². The zero-order valence-electron chi connectivity index (χ0n) is 14.5. The number of nitrogens with one attached hydrogen (secondary N) is 2. The summed E-state index contributed by atoms with van der Waals surface area (Å²) in [5.74, 6) is 2.54. The SMILES string of the molecule is CN=C(NCCc1ccccc1OC)NCc1cccc(OC)c1. The lowest BCUT2D eigenvalue weighted by molar-refractivity contribution is 0.409. The summed E-state index contributed by atoms with van der Waals surface area (Å²) in [6, 6.07) is 16.0. The largest absolute Gasteiger partial charge is 0.497 e. The Kier molecular flexibility index (Phi) is 6.95. The second-order valence-electron chi connectivity index (χ2n) is 5.27. The highest BCUT2D eigenvalue weighted by Gasteiger charge is 2.03. The fourth-order valence-corrected chi connectivity index (χ4v) is 2.41. The molecule has 0 radical (unpaired) electrons. The number of nitrogens with zero attached hydrogens (tertiary/aromatic N) is 1. The van der Waals surface area contributed by atoms with Crippen LogP contribution in [0, 0.1) is 0 Å². The summed E-state index contributed by atoms with van der Waals surface area (Å²) in [5, 5.41) is 6.62. The first-order valence-electron chi connectivity index (χ1n) is 7.96. The minimum absolute atomic E-state index is 0.686. The van der Waals surface area contributed by atoms with Crippen molar-refractivity contribution in [3.05, 3.63) is 59.7 Å². The molecule has 128 valence electrons. The van der Waals surface area contributed by atoms with Crippen LogP contribution in [0.1, 0.15) is 11.1 Å². The van der Waals surface area contributed by atoms with E-state index in [1.54, 1.807) is 21.3 Å². The zero-order chi connectivity index (χ0) is 17.2. The Bertz CT molecular complexity index is 671. The summed E-state index contributed by atoms with van der Waals surface area (Å²) in [6.45, 7) is 1.46. The Morgan fingerprint density at radius 1 is 1.00 bits per heavy atom. The second-order valence-corrected chi connectivity index (χ2v) is 5.27. The van der Waals surface area contributed by atoms with Crippen LogP contribution in [0.5, 0.6) is 11.5 Å². The molecule has 2 rings (SSSR count). The summed E-state index contributed by atoms with van der Waals surface area (Å²) in [4.78, 5) is 4.25. The van der Waals surface area contributed by atoms with E-state index in [0.717, 1.165) is 36.0 Å². The predicted octanol–water partition coefficient (Wildman–Crippen LogP) is 2.61. The van der Waals surface area contributed by atoms with Crippen molar-refractivity contribution in [3.8, 4) is 11.5 Å². The van der Waals surface area contributed by atoms with Crippen molar-refractivity contribution in [1.82, 2.24) is 10.6 Å². The van der Waals surface area contributed by atoms with Gasteiger partial charge in [0.25, 0.3) is 0 Å². The number of methoxy groups -OCH3 is 2. The van der Waals surface area contributed by atoms with Crippen LogP contribution in [0.15, 0.2) is 53.5 Å². The fourth-order valence-electron chi connectivity index (χ4n) is 2.41. The third-order valence-electron chi connectivity index (χ3n) is 3.70. The van der Waals surface area contributed by atoms with Crippen molar-refractivity contribution >= 4 is 5.96 Å². The van der Waals surface area contributed by atoms with E-state index in [-0.39, 0.29) is 0 Å². The van der Waals surface area contributed by atoms with Gasteiger partial charge in [-0.15, -0.1) is 0 Å². The van der Waals surface area contributed by atoms with Crippen molar-refractivity contribution in [2.24, 2.45) is 4.99 Å². The van der Waals surface area contributed by atoms with Crippen LogP contribution in [-0.2, 0) is 13.0 Å². The van der Waals surface area contributed by atoms with Crippen LogP contribution in [0.2, 0.25) is 0 Å². The van der Waals surface area contributed by atoms with Gasteiger partial charge >= 0.3 is 0 Å². The van der Waals surface area contributed by atoms with Crippen molar-refractivity contribution in [2.75, 3.05) is 27.8 Å². The molecule has 0 bridgehead atoms. The smallest absolute Gasteiger partial charge is 0.191 e. The Hall–Kier alpha value is -2.69. The topological polar surface area (TPSA) is 54.9 Å². The molecule has 2 N–H and O–H groups in total. The molecule has 0 aliphatic heterocycles. The van der Waals surface area contributed by atoms with Crippen molar-refractivity contribution in [3.63, 3.8) is 0 Å². The Labute approximate surface area is 143 Å². The Balaban J connectivity index is 1.82. The number of hydrogen-bond acceptors (Lipinski definition) is 3. The molecule has 0 atom stereocenters. The summed E-state index contributed by atoms with van der Waals surface area (Å²) in [6.07, 6.45) is 0.865. The van der Waals surface area contributed by atoms with E-state index in [1.165, 1.54) is 5.56 Å². The first-order chi connectivity index (χ1) is 11.8. The summed E-state index contributed by atoms with van der Waals surface area (Å²) in [5.41, 5.74) is 2.32. The monoisotopic (exact) mass is 327 g/mol. The van der Waals surface area contributed by atoms with Crippen LogP contribution >= 0.6 is 0 Å². The van der Waals surface area contributed by atoms with E-state index in [0.29, 0.717) is 6.54 Å². The van der Waals surface area contributed by atoms with Gasteiger partial charge in [-0.3, -0.25) is 4.99 Å². The van der Waals surface area contributed by atoms with Gasteiger partial charge in [-0.2, -0.15) is 0 Å². The first kappa shape index (κ1) is 17.7. The van der Waals surface area contributed by atoms with Gasteiger partial charge in [-0.25, -0.2) is 0 Å². The van der Waals surface area contributed by atoms with Gasteiger partial charge in [-0.1, -0.05) is 30.3 Å². The maximum atomic E-state index is 5.37. The standard InChI is InChI=1S/C19H25N3O2/c1-20-19(22-14-15-7-6-9-17(13-15)23-2)21-12-11-16-8-4-5-10-18(16)24-3/h4-10,13H,11-12,14H2,1-3H3,(H2,20,21,22). The molecular weight excluding hydrogens is 302 g/mol. The number of guanidine groups is 1. The zero-order valence-corrected chi connectivity index (χ0v) is 14.5. The Morgan fingerprint density at radius 2 is 1.83 bits per heavy atom. The number of hydrogen-bond donors (Lipinski definition) is 2. The summed E-state index contributed by atoms with van der Waals surface area (Å²) >= 11 is 0. The maximum absolute atomic E-state index is 5.37. The van der Waals surface area contributed by atoms with E-state index in [1.807, 2.05) is 36.4 Å². The van der Waals surface area contributed by atoms with Gasteiger partial charge in [0.2, 0.25) is 0 Å². The van der Waals surface area contributed by atoms with E-state index in [4.69, 9.17) is 9.47 Å². The third kappa shape index (κ3) is 5.19. The average Bonchev–Trinajstić information content (AvgIpc) is 2.65. The minimum atomic E-state index is 0.686. The molecule has 0 saturated carbocycles. The molecule has 0 spiro atoms. The van der Waals surface area contributed by atoms with E-state index in [2.05, 4.69) is 27.8 Å². The average molecular weight is 327 g/mol. The molecule has 5 nitrogen and oxygen atoms in total. The lowest BCUT2D eigenvalue weighted by Gasteiger charge is -2.13. The van der Waals surface area contributed by atoms with Crippen LogP contribution in [-0.4, -0.2) is 33.8 Å². The summed E-state index contributed by atoms with van der Waals surface area (Å²) in [7, 11) is 5.13. The molecule has 0 amide bonds. The molecule has 0 saturated heterocycles. The lowest BCUT2D eigenvalue weighted by atomic mass is 10.1. The molecule has 0 unspecified atom stereocenters. The molecule has 0 heterocycles. The molecule has 5 heteroatoms. The number of rotatable bonds is 7. The summed E-state index contributed by atoms with van der Waals surface area (Å²) < 4.78 is 10.6. The molecule has 2 aromatic carbocycles. The number of benzene rings is 2. The van der Waals surface area contributed by atoms with Crippen LogP contribution in [0.25, 0.3) is 0 Å². The highest BCUT2D eigenvalue weighted by molar-refractivity contribution is 5.79. The number of ether oxygens (including phenoxy) is 2. The minimum Gasteiger partial charge on any atom is -0.497 e. The fraction of sp³-hybridized carbons (Fsp3) is 0.316. The van der Waals surface area contributed by atoms with Crippen molar-refractivity contribution in [1.29, 1.82) is 0 Å². The van der Waals surface area contributed by atoms with Crippen LogP contribution in [0.4, 0.5) is 0 Å². The highest BCUT2D eigenvalue weighted by atomic mass is 16.5. The molecular formula is C19H25N3O2. The van der Waals surface area contributed by atoms with Crippen molar-refractivity contribution < 1.29 is 9.47 Å². The molecule has 2 aromatic rings. The van der Waals surface area contributed by atoms with E-state index >= 15 is 0 Å². The molecule has 24 heavy (non-hydrogen) atoms. The van der Waals surface area contributed by atoms with Crippen molar-refractivity contribution in [2.45, 2.75) is 13.0 Å². The maximum Gasteiger partial charge on any atom is 0.191 e. The quantitative estimate of drug-likeness (QED) is 0.606. The molecule has 0 aromatic heterocycles. The predicted molar refractivity (Wildman–Crippen MR) is 97.9 cm³/mol. The number of aliphatic imine (C=N–C) groups is 1. The Morgan fingerprint density at radius 3 is 2.58 bits per heavy atom. The third-order valence-corrected chi connectivity index (χ3v) is 3.70. The van der Waals surface area contributed by atoms with Gasteiger partial charge in [0.1, 0.15) is 11.5 Å². The van der Waals surface area contributed by atoms with Gasteiger partial charge in [0, 0.05) is 20.1 Å². The molecule has 0 aliphatic carbocycles. The van der Waals surface area contributed by atoms with Gasteiger partial charge < -0.3 is 20.1 Å². The molecule has 0 fully saturated rings. The van der Waals surface area contributed by atoms with Gasteiger partial charge in [-0.05, 0) is 35.7 Å². The second kappa shape index (κ2) is 9.45. The highest BCUT2D eigenvalue weighted by Crippen LogP contribution is 2.17. The normalized spacial score (nSPS) is 11.0. The number of para-hydroxylation sites is 1. The van der Waals surface area contributed by atoms with E-state index in [9.17, 15) is 0 Å². The lowest BCUT2D eigenvalue weighted by Crippen LogP contribution is -2.37. The van der Waals surface area contributed by atoms with Gasteiger partial charge in [0.15, 0.2) is 5.96 Å². The van der Waals surface area contributed by atoms with E-state index < -0.39 is 0 Å².